The number of hydrogen-bond donors (Lipinski definition) is 1. The van der Waals surface area contributed by atoms with Crippen molar-refractivity contribution < 1.29 is 23.7 Å². The molecule has 0 saturated carbocycles. The van der Waals surface area contributed by atoms with Crippen LogP contribution in [0.15, 0.2) is 0 Å². The van der Waals surface area contributed by atoms with Gasteiger partial charge < -0.3 is 24.3 Å². The maximum atomic E-state index is 9.91. The van der Waals surface area contributed by atoms with Crippen LogP contribution < -0.4 is 5.32 Å². The molecule has 0 aliphatic rings. The smallest absolute Gasteiger partial charge is 0.207 e. The minimum atomic E-state index is 0.507. The van der Waals surface area contributed by atoms with E-state index in [2.05, 4.69) is 12.2 Å². The first-order chi connectivity index (χ1) is 8.91. The lowest BCUT2D eigenvalue weighted by atomic mass is 10.5. The molecule has 108 valence electrons. The number of hydrogen-bond acceptors (Lipinski definition) is 5. The third-order valence-electron chi connectivity index (χ3n) is 1.94. The summed E-state index contributed by atoms with van der Waals surface area (Å²) >= 11 is 0. The van der Waals surface area contributed by atoms with Gasteiger partial charge in [0.1, 0.15) is 0 Å². The van der Waals surface area contributed by atoms with Crippen LogP contribution in [0.5, 0.6) is 0 Å². The molecule has 0 atom stereocenters. The van der Waals surface area contributed by atoms with Gasteiger partial charge in [0.15, 0.2) is 0 Å². The van der Waals surface area contributed by atoms with Gasteiger partial charge in [0.2, 0.25) is 6.41 Å². The van der Waals surface area contributed by atoms with Crippen molar-refractivity contribution in [2.45, 2.75) is 13.3 Å². The van der Waals surface area contributed by atoms with Crippen LogP contribution in [-0.4, -0.2) is 65.8 Å². The second-order valence-corrected chi connectivity index (χ2v) is 3.52. The van der Waals surface area contributed by atoms with E-state index in [1.54, 1.807) is 0 Å². The van der Waals surface area contributed by atoms with E-state index in [-0.39, 0.29) is 0 Å². The highest BCUT2D eigenvalue weighted by molar-refractivity contribution is 5.45. The van der Waals surface area contributed by atoms with Crippen molar-refractivity contribution >= 4 is 6.41 Å². The van der Waals surface area contributed by atoms with Crippen molar-refractivity contribution in [1.82, 2.24) is 5.32 Å². The second-order valence-electron chi connectivity index (χ2n) is 3.52. The van der Waals surface area contributed by atoms with Crippen molar-refractivity contribution in [3.05, 3.63) is 0 Å². The molecule has 1 amide bonds. The molecule has 0 aromatic rings. The molecule has 0 aliphatic heterocycles. The van der Waals surface area contributed by atoms with Crippen LogP contribution in [0, 0.1) is 0 Å². The molecule has 0 saturated heterocycles. The highest BCUT2D eigenvalue weighted by Gasteiger charge is 1.92. The topological polar surface area (TPSA) is 66.0 Å². The molecule has 0 radical (unpaired) electrons. The number of nitrogens with one attached hydrogen (secondary N) is 1. The highest BCUT2D eigenvalue weighted by Crippen LogP contribution is 1.83. The van der Waals surface area contributed by atoms with Crippen LogP contribution in [0.2, 0.25) is 0 Å². The minimum absolute atomic E-state index is 0.507. The van der Waals surface area contributed by atoms with Crippen LogP contribution in [0.1, 0.15) is 13.3 Å². The Kier molecular flexibility index (Phi) is 15.7. The van der Waals surface area contributed by atoms with Gasteiger partial charge >= 0.3 is 0 Å². The van der Waals surface area contributed by atoms with Gasteiger partial charge in [-0.1, -0.05) is 6.92 Å². The lowest BCUT2D eigenvalue weighted by Gasteiger charge is -2.07. The van der Waals surface area contributed by atoms with Gasteiger partial charge in [0, 0.05) is 13.2 Å². The summed E-state index contributed by atoms with van der Waals surface area (Å²) in [6.07, 6.45) is 1.69. The van der Waals surface area contributed by atoms with Crippen molar-refractivity contribution in [2.24, 2.45) is 0 Å². The zero-order chi connectivity index (χ0) is 13.3. The first-order valence-corrected chi connectivity index (χ1v) is 6.39. The fourth-order valence-corrected chi connectivity index (χ4v) is 1.10. The quantitative estimate of drug-likeness (QED) is 0.338. The predicted molar refractivity (Wildman–Crippen MR) is 67.6 cm³/mol. The lowest BCUT2D eigenvalue weighted by Crippen LogP contribution is -2.19. The molecule has 1 N–H and O–H groups in total. The summed E-state index contributed by atoms with van der Waals surface area (Å²) < 4.78 is 21.0. The van der Waals surface area contributed by atoms with Gasteiger partial charge in [0.25, 0.3) is 0 Å². The second kappa shape index (κ2) is 16.3. The molecular weight excluding hydrogens is 238 g/mol. The number of carbonyl (C=O) groups is 1. The summed E-state index contributed by atoms with van der Waals surface area (Å²) in [6.45, 7) is 7.35. The first kappa shape index (κ1) is 17.3. The molecule has 6 heteroatoms. The lowest BCUT2D eigenvalue weighted by molar-refractivity contribution is -0.109. The summed E-state index contributed by atoms with van der Waals surface area (Å²) in [6, 6.07) is 0. The summed E-state index contributed by atoms with van der Waals surface area (Å²) in [5.74, 6) is 0. The van der Waals surface area contributed by atoms with Crippen LogP contribution in [0.4, 0.5) is 0 Å². The minimum Gasteiger partial charge on any atom is -0.379 e. The summed E-state index contributed by atoms with van der Waals surface area (Å²) in [5, 5.41) is 2.51. The Balaban J connectivity index is 2.88. The molecule has 18 heavy (non-hydrogen) atoms. The van der Waals surface area contributed by atoms with Gasteiger partial charge in [-0.05, 0) is 6.42 Å². The van der Waals surface area contributed by atoms with Crippen molar-refractivity contribution in [2.75, 3.05) is 59.4 Å². The highest BCUT2D eigenvalue weighted by atomic mass is 16.6. The largest absolute Gasteiger partial charge is 0.379 e. The van der Waals surface area contributed by atoms with Gasteiger partial charge in [-0.15, -0.1) is 0 Å². The third kappa shape index (κ3) is 15.3. The van der Waals surface area contributed by atoms with Crippen LogP contribution in [-0.2, 0) is 23.7 Å². The Morgan fingerprint density at radius 2 is 1.22 bits per heavy atom. The third-order valence-corrected chi connectivity index (χ3v) is 1.94. The van der Waals surface area contributed by atoms with E-state index in [0.717, 1.165) is 13.0 Å². The van der Waals surface area contributed by atoms with Gasteiger partial charge in [0.05, 0.1) is 46.2 Å². The summed E-state index contributed by atoms with van der Waals surface area (Å²) in [7, 11) is 0. The maximum Gasteiger partial charge on any atom is 0.207 e. The van der Waals surface area contributed by atoms with E-state index < -0.39 is 0 Å². The first-order valence-electron chi connectivity index (χ1n) is 6.39. The van der Waals surface area contributed by atoms with Gasteiger partial charge in [-0.2, -0.15) is 0 Å². The van der Waals surface area contributed by atoms with Crippen molar-refractivity contribution in [3.8, 4) is 0 Å². The Labute approximate surface area is 109 Å². The van der Waals surface area contributed by atoms with E-state index in [1.807, 2.05) is 0 Å². The Morgan fingerprint density at radius 3 is 1.67 bits per heavy atom. The Morgan fingerprint density at radius 1 is 0.778 bits per heavy atom. The maximum absolute atomic E-state index is 9.91. The fourth-order valence-electron chi connectivity index (χ4n) is 1.10. The molecule has 0 fully saturated rings. The molecule has 0 rings (SSSR count). The average molecular weight is 263 g/mol. The molecule has 0 heterocycles. The molecule has 0 aromatic carbocycles. The molecule has 0 unspecified atom stereocenters. The molecule has 0 aliphatic carbocycles. The molecular formula is C12H25NO5. The number of ether oxygens (including phenoxy) is 4. The average Bonchev–Trinajstić information content (AvgIpc) is 2.39. The zero-order valence-electron chi connectivity index (χ0n) is 11.2. The predicted octanol–water partition coefficient (Wildman–Crippen LogP) is 0.209. The number of amides is 1. The normalized spacial score (nSPS) is 10.5. The van der Waals surface area contributed by atoms with E-state index in [4.69, 9.17) is 18.9 Å². The van der Waals surface area contributed by atoms with Crippen LogP contribution in [0.25, 0.3) is 0 Å². The fraction of sp³-hybridized carbons (Fsp3) is 0.917. The SMILES string of the molecule is CCCOCCOCCOCCOCCNC=O. The molecule has 0 bridgehead atoms. The number of carbonyl (C=O) groups excluding carboxylic acids is 1. The van der Waals surface area contributed by atoms with E-state index in [9.17, 15) is 4.79 Å². The zero-order valence-corrected chi connectivity index (χ0v) is 11.2. The Hall–Kier alpha value is -0.690. The van der Waals surface area contributed by atoms with Crippen LogP contribution >= 0.6 is 0 Å². The number of rotatable bonds is 15. The van der Waals surface area contributed by atoms with Crippen LogP contribution in [0.3, 0.4) is 0 Å². The van der Waals surface area contributed by atoms with Crippen molar-refractivity contribution in [3.63, 3.8) is 0 Å². The Bertz CT molecular complexity index is 169. The van der Waals surface area contributed by atoms with Gasteiger partial charge in [-0.25, -0.2) is 0 Å². The monoisotopic (exact) mass is 263 g/mol. The van der Waals surface area contributed by atoms with Crippen molar-refractivity contribution in [1.29, 1.82) is 0 Å². The molecule has 0 aromatic heterocycles. The van der Waals surface area contributed by atoms with E-state index in [0.29, 0.717) is 59.2 Å². The molecule has 0 spiro atoms. The van der Waals surface area contributed by atoms with Gasteiger partial charge in [-0.3, -0.25) is 4.79 Å². The summed E-state index contributed by atoms with van der Waals surface area (Å²) in [4.78, 5) is 9.91. The van der Waals surface area contributed by atoms with E-state index >= 15 is 0 Å². The van der Waals surface area contributed by atoms with E-state index in [1.165, 1.54) is 0 Å². The summed E-state index contributed by atoms with van der Waals surface area (Å²) in [5.41, 5.74) is 0. The standard InChI is InChI=1S/C12H25NO5/c1-2-4-15-6-8-17-10-11-18-9-7-16-5-3-13-12-14/h12H,2-11H2,1H3,(H,13,14). The molecule has 6 nitrogen and oxygen atoms in total.